The summed E-state index contributed by atoms with van der Waals surface area (Å²) in [6.45, 7) is 6.11. The topological polar surface area (TPSA) is 121 Å². The van der Waals surface area contributed by atoms with Crippen molar-refractivity contribution in [3.8, 4) is 11.1 Å². The van der Waals surface area contributed by atoms with Gasteiger partial charge in [0.15, 0.2) is 6.29 Å². The number of carbonyl (C=O) groups is 3. The molecular weight excluding hydrogens is 813 g/mol. The summed E-state index contributed by atoms with van der Waals surface area (Å²) >= 11 is 0. The molecule has 0 bridgehead atoms. The summed E-state index contributed by atoms with van der Waals surface area (Å²) in [4.78, 5) is 52.8. The zero-order chi connectivity index (χ0) is 45.3. The molecule has 6 aromatic carbocycles. The predicted octanol–water partition coefficient (Wildman–Crippen LogP) is 10.0. The van der Waals surface area contributed by atoms with Crippen molar-refractivity contribution in [3.05, 3.63) is 209 Å². The summed E-state index contributed by atoms with van der Waals surface area (Å²) in [7, 11) is 0. The van der Waals surface area contributed by atoms with Gasteiger partial charge in [-0.3, -0.25) is 19.5 Å². The Morgan fingerprint density at radius 2 is 1.17 bits per heavy atom. The normalized spacial score (nSPS) is 13.2. The number of pyridine rings is 1. The van der Waals surface area contributed by atoms with Gasteiger partial charge in [-0.2, -0.15) is 0 Å². The molecule has 3 amide bonds. The lowest BCUT2D eigenvalue weighted by atomic mass is 9.77. The second-order valence-electron chi connectivity index (χ2n) is 16.3. The molecule has 1 aliphatic rings. The average Bonchev–Trinajstić information content (AvgIpc) is 3.66. The van der Waals surface area contributed by atoms with Gasteiger partial charge in [0.1, 0.15) is 11.6 Å². The zero-order valence-corrected chi connectivity index (χ0v) is 36.9. The maximum Gasteiger partial charge on any atom is 0.408 e. The first-order valence-electron chi connectivity index (χ1n) is 22.3. The number of para-hydroxylation sites is 1. The van der Waals surface area contributed by atoms with E-state index in [1.807, 2.05) is 191 Å². The molecule has 1 heterocycles. The van der Waals surface area contributed by atoms with E-state index in [2.05, 4.69) is 5.32 Å². The van der Waals surface area contributed by atoms with Crippen LogP contribution >= 0.6 is 0 Å². The predicted molar refractivity (Wildman–Crippen MR) is 253 cm³/mol. The second kappa shape index (κ2) is 20.1. The third kappa shape index (κ3) is 9.14. The highest BCUT2D eigenvalue weighted by molar-refractivity contribution is 5.92. The van der Waals surface area contributed by atoms with Crippen LogP contribution in [0.5, 0.6) is 0 Å². The maximum atomic E-state index is 16.0. The number of rotatable bonds is 18. The number of carbonyl (C=O) groups excluding carboxylic acids is 2. The fourth-order valence-electron chi connectivity index (χ4n) is 9.43. The van der Waals surface area contributed by atoms with E-state index < -0.39 is 54.2 Å². The first-order chi connectivity index (χ1) is 31.7. The number of aromatic nitrogens is 1. The van der Waals surface area contributed by atoms with E-state index in [1.54, 1.807) is 11.1 Å². The van der Waals surface area contributed by atoms with Crippen molar-refractivity contribution in [2.24, 2.45) is 0 Å². The highest BCUT2D eigenvalue weighted by Gasteiger charge is 2.44. The number of hydrogen-bond acceptors (Lipinski definition) is 6. The molecule has 0 saturated heterocycles. The minimum absolute atomic E-state index is 0.0354. The van der Waals surface area contributed by atoms with Gasteiger partial charge < -0.3 is 24.8 Å². The van der Waals surface area contributed by atoms with Gasteiger partial charge in [-0.25, -0.2) is 4.79 Å². The first-order valence-corrected chi connectivity index (χ1v) is 22.3. The van der Waals surface area contributed by atoms with Crippen LogP contribution in [-0.2, 0) is 31.1 Å². The van der Waals surface area contributed by atoms with Crippen LogP contribution in [-0.4, -0.2) is 75.9 Å². The Morgan fingerprint density at radius 1 is 0.662 bits per heavy atom. The monoisotopic (exact) mass is 866 g/mol. The summed E-state index contributed by atoms with van der Waals surface area (Å²) < 4.78 is 12.3. The Kier molecular flexibility index (Phi) is 13.8. The van der Waals surface area contributed by atoms with Crippen molar-refractivity contribution in [1.82, 2.24) is 20.1 Å². The van der Waals surface area contributed by atoms with Crippen molar-refractivity contribution in [2.45, 2.75) is 63.6 Å². The fraction of sp³-hybridized carbons (Fsp3) is 0.236. The summed E-state index contributed by atoms with van der Waals surface area (Å²) in [5, 5.41) is 15.7. The molecule has 1 aliphatic carbocycles. The Labute approximate surface area is 380 Å². The molecule has 8 rings (SSSR count). The molecule has 0 aliphatic heterocycles. The number of hydrogen-bond donors (Lipinski definition) is 2. The van der Waals surface area contributed by atoms with Crippen LogP contribution in [0.2, 0.25) is 0 Å². The van der Waals surface area contributed by atoms with Crippen molar-refractivity contribution in [2.75, 3.05) is 19.8 Å². The molecule has 1 aromatic heterocycles. The molecule has 0 fully saturated rings. The molecule has 0 spiro atoms. The van der Waals surface area contributed by atoms with Gasteiger partial charge in [0.2, 0.25) is 11.8 Å². The lowest BCUT2D eigenvalue weighted by Gasteiger charge is -2.40. The average molecular weight is 867 g/mol. The molecule has 0 saturated carbocycles. The van der Waals surface area contributed by atoms with Crippen molar-refractivity contribution in [1.29, 1.82) is 0 Å². The van der Waals surface area contributed by atoms with Crippen LogP contribution in [0.15, 0.2) is 176 Å². The molecule has 10 heteroatoms. The van der Waals surface area contributed by atoms with E-state index in [4.69, 9.17) is 14.5 Å². The van der Waals surface area contributed by atoms with Gasteiger partial charge in [-0.1, -0.05) is 164 Å². The lowest BCUT2D eigenvalue weighted by molar-refractivity contribution is -0.181. The molecule has 65 heavy (non-hydrogen) atoms. The van der Waals surface area contributed by atoms with Crippen molar-refractivity contribution >= 4 is 28.8 Å². The molecule has 10 nitrogen and oxygen atoms in total. The van der Waals surface area contributed by atoms with E-state index in [1.165, 1.54) is 0 Å². The number of amides is 3. The minimum atomic E-state index is -1.50. The Morgan fingerprint density at radius 3 is 1.69 bits per heavy atom. The quantitative estimate of drug-likeness (QED) is 0.0651. The standard InChI is InChI=1S/C55H54N4O6/c1-4-64-53(65-5-2)38(3)58(36-40-22-19-21-39-23-20-34-56-51(39)40)52(61)49(59(54(62)63)37-48-46-32-17-15-30-44(46)45-31-16-18-33-47(45)48)35-50(60)57-55(41-24-9-6-10-25-41,42-26-11-7-12-27-42)43-28-13-8-14-29-43/h6-34,38,48-49,53H,4-5,35-37H2,1-3H3,(H,57,60)(H,62,63)/t38-,49-/m0/s1. The van der Waals surface area contributed by atoms with E-state index >= 15 is 9.59 Å². The molecule has 7 aromatic rings. The van der Waals surface area contributed by atoms with Crippen LogP contribution in [0.3, 0.4) is 0 Å². The van der Waals surface area contributed by atoms with Crippen LogP contribution in [0.25, 0.3) is 22.0 Å². The minimum Gasteiger partial charge on any atom is -0.465 e. The van der Waals surface area contributed by atoms with Gasteiger partial charge in [0.05, 0.1) is 18.0 Å². The molecule has 330 valence electrons. The van der Waals surface area contributed by atoms with Crippen molar-refractivity contribution in [3.63, 3.8) is 0 Å². The summed E-state index contributed by atoms with van der Waals surface area (Å²) in [6, 6.07) is 52.4. The Bertz CT molecular complexity index is 2580. The SMILES string of the molecule is CCOC(OCC)[C@H](C)N(Cc1cccc2cccnc12)C(=O)[C@H](CC(=O)NC(c1ccccc1)(c1ccccc1)c1ccccc1)N(CC1c2ccccc2-c2ccccc21)C(=O)O. The van der Waals surface area contributed by atoms with E-state index in [-0.39, 0.29) is 13.1 Å². The van der Waals surface area contributed by atoms with Gasteiger partial charge in [-0.05, 0) is 71.3 Å². The third-order valence-corrected chi connectivity index (χ3v) is 12.5. The van der Waals surface area contributed by atoms with Crippen LogP contribution in [0.4, 0.5) is 4.79 Å². The van der Waals surface area contributed by atoms with Crippen LogP contribution < -0.4 is 5.32 Å². The number of nitrogens with one attached hydrogen (secondary N) is 1. The molecule has 2 atom stereocenters. The van der Waals surface area contributed by atoms with Gasteiger partial charge in [0.25, 0.3) is 0 Å². The van der Waals surface area contributed by atoms with Gasteiger partial charge in [-0.15, -0.1) is 0 Å². The van der Waals surface area contributed by atoms with E-state index in [0.29, 0.717) is 18.7 Å². The van der Waals surface area contributed by atoms with E-state index in [9.17, 15) is 9.90 Å². The molecular formula is C55H54N4O6. The Hall–Kier alpha value is -7.14. The molecule has 0 radical (unpaired) electrons. The highest BCUT2D eigenvalue weighted by Crippen LogP contribution is 2.45. The van der Waals surface area contributed by atoms with Crippen LogP contribution in [0, 0.1) is 0 Å². The number of nitrogens with zero attached hydrogens (tertiary/aromatic N) is 3. The summed E-state index contributed by atoms with van der Waals surface area (Å²) in [6.07, 6.45) is -0.982. The number of ether oxygens (including phenoxy) is 2. The summed E-state index contributed by atoms with van der Waals surface area (Å²) in [5.74, 6) is -1.51. The maximum absolute atomic E-state index is 16.0. The van der Waals surface area contributed by atoms with Gasteiger partial charge in [0, 0.05) is 43.8 Å². The first kappa shape index (κ1) is 44.5. The summed E-state index contributed by atoms with van der Waals surface area (Å²) in [5.41, 5.74) is 6.51. The largest absolute Gasteiger partial charge is 0.465 e. The fourth-order valence-corrected chi connectivity index (χ4v) is 9.43. The van der Waals surface area contributed by atoms with Crippen molar-refractivity contribution < 1.29 is 29.0 Å². The number of carboxylic acid groups (broad SMARTS) is 1. The molecule has 0 unspecified atom stereocenters. The lowest BCUT2D eigenvalue weighted by Crippen LogP contribution is -2.58. The highest BCUT2D eigenvalue weighted by atomic mass is 16.7. The van der Waals surface area contributed by atoms with E-state index in [0.717, 1.165) is 54.8 Å². The van der Waals surface area contributed by atoms with Crippen LogP contribution in [0.1, 0.15) is 66.5 Å². The third-order valence-electron chi connectivity index (χ3n) is 12.5. The Balaban J connectivity index is 1.27. The number of fused-ring (bicyclic) bond motifs is 4. The van der Waals surface area contributed by atoms with Gasteiger partial charge >= 0.3 is 6.09 Å². The second-order valence-corrected chi connectivity index (χ2v) is 16.3. The molecule has 2 N–H and O–H groups in total. The smallest absolute Gasteiger partial charge is 0.408 e. The number of benzene rings is 6. The zero-order valence-electron chi connectivity index (χ0n) is 36.9.